The Labute approximate surface area is 159 Å². The lowest BCUT2D eigenvalue weighted by atomic mass is 9.95. The molecule has 2 N–H and O–H groups in total. The summed E-state index contributed by atoms with van der Waals surface area (Å²) >= 11 is 14.2. The predicted octanol–water partition coefficient (Wildman–Crippen LogP) is 3.86. The summed E-state index contributed by atoms with van der Waals surface area (Å²) < 4.78 is 0. The molecule has 1 aromatic heterocycles. The van der Waals surface area contributed by atoms with E-state index in [1.54, 1.807) is 29.3 Å². The number of fused-ring (bicyclic) bond motifs is 1. The third-order valence-electron chi connectivity index (χ3n) is 3.72. The number of thioether (sulfide) groups is 1. The van der Waals surface area contributed by atoms with Crippen LogP contribution in [-0.2, 0) is 4.79 Å². The number of primary amides is 1. The highest BCUT2D eigenvalue weighted by Gasteiger charge is 2.26. The summed E-state index contributed by atoms with van der Waals surface area (Å²) in [4.78, 5) is 22.2. The number of nitrogens with zero attached hydrogens (tertiary/aromatic N) is 3. The molecule has 2 heterocycles. The van der Waals surface area contributed by atoms with Gasteiger partial charge in [-0.15, -0.1) is 0 Å². The maximum Gasteiger partial charge on any atom is 0.243 e. The van der Waals surface area contributed by atoms with E-state index in [4.69, 9.17) is 28.9 Å². The van der Waals surface area contributed by atoms with Crippen LogP contribution < -0.4 is 10.6 Å². The highest BCUT2D eigenvalue weighted by Crippen LogP contribution is 2.42. The molecule has 0 saturated heterocycles. The Morgan fingerprint density at radius 1 is 1.32 bits per heavy atom. The van der Waals surface area contributed by atoms with Gasteiger partial charge in [0.15, 0.2) is 5.16 Å². The van der Waals surface area contributed by atoms with Crippen molar-refractivity contribution in [3.05, 3.63) is 57.3 Å². The van der Waals surface area contributed by atoms with Crippen LogP contribution in [0.25, 0.3) is 11.6 Å². The summed E-state index contributed by atoms with van der Waals surface area (Å²) in [6.45, 7) is 0. The van der Waals surface area contributed by atoms with Gasteiger partial charge in [0.25, 0.3) is 0 Å². The molecule has 25 heavy (non-hydrogen) atoms. The zero-order valence-electron chi connectivity index (χ0n) is 13.5. The number of nitrogens with two attached hydrogens (primary N) is 1. The average molecular weight is 393 g/mol. The van der Waals surface area contributed by atoms with Gasteiger partial charge in [0.05, 0.1) is 5.70 Å². The number of carbonyl (C=O) groups excluding carboxylic acids is 1. The van der Waals surface area contributed by atoms with Gasteiger partial charge >= 0.3 is 0 Å². The molecule has 0 atom stereocenters. The van der Waals surface area contributed by atoms with Crippen molar-refractivity contribution >= 4 is 58.3 Å². The number of anilines is 1. The second kappa shape index (κ2) is 7.07. The Hall–Kier alpha value is -2.02. The van der Waals surface area contributed by atoms with E-state index < -0.39 is 5.91 Å². The van der Waals surface area contributed by atoms with Crippen LogP contribution in [0.5, 0.6) is 0 Å². The largest absolute Gasteiger partial charge is 0.366 e. The van der Waals surface area contributed by atoms with Crippen LogP contribution in [0.1, 0.15) is 11.1 Å². The Morgan fingerprint density at radius 2 is 2.00 bits per heavy atom. The van der Waals surface area contributed by atoms with Crippen molar-refractivity contribution in [1.29, 1.82) is 0 Å². The van der Waals surface area contributed by atoms with Gasteiger partial charge in [-0.3, -0.25) is 4.79 Å². The van der Waals surface area contributed by atoms with Gasteiger partial charge in [-0.25, -0.2) is 9.97 Å². The lowest BCUT2D eigenvalue weighted by molar-refractivity contribution is -0.113. The normalized spacial score (nSPS) is 15.1. The molecule has 0 fully saturated rings. The van der Waals surface area contributed by atoms with E-state index in [-0.39, 0.29) is 0 Å². The fourth-order valence-electron chi connectivity index (χ4n) is 2.62. The molecule has 1 aliphatic rings. The van der Waals surface area contributed by atoms with Gasteiger partial charge in [0, 0.05) is 46.1 Å². The average Bonchev–Trinajstić information content (AvgIpc) is 2.57. The first-order chi connectivity index (χ1) is 11.9. The molecule has 1 aromatic carbocycles. The van der Waals surface area contributed by atoms with Crippen LogP contribution in [-0.4, -0.2) is 29.2 Å². The number of amides is 1. The number of likely N-dealkylation sites (N-methyl/N-ethyl adjacent to an activating group) is 1. The molecule has 128 valence electrons. The van der Waals surface area contributed by atoms with Crippen LogP contribution >= 0.6 is 35.0 Å². The smallest absolute Gasteiger partial charge is 0.243 e. The van der Waals surface area contributed by atoms with Gasteiger partial charge < -0.3 is 10.6 Å². The lowest BCUT2D eigenvalue weighted by Gasteiger charge is -2.30. The molecule has 0 saturated carbocycles. The first-order valence-corrected chi connectivity index (χ1v) is 9.22. The van der Waals surface area contributed by atoms with Crippen molar-refractivity contribution in [3.63, 3.8) is 0 Å². The van der Waals surface area contributed by atoms with Crippen LogP contribution in [0.4, 0.5) is 5.82 Å². The molecule has 5 nitrogen and oxygen atoms in total. The Balaban J connectivity index is 2.29. The third kappa shape index (κ3) is 3.38. The fraction of sp³-hybridized carbons (Fsp3) is 0.118. The molecule has 1 amide bonds. The molecule has 0 aliphatic carbocycles. The molecule has 0 spiro atoms. The zero-order valence-corrected chi connectivity index (χ0v) is 15.8. The minimum atomic E-state index is -0.571. The van der Waals surface area contributed by atoms with Crippen molar-refractivity contribution in [2.75, 3.05) is 18.2 Å². The summed E-state index contributed by atoms with van der Waals surface area (Å²) in [6, 6.07) is 5.25. The third-order valence-corrected chi connectivity index (χ3v) is 4.91. The van der Waals surface area contributed by atoms with E-state index in [1.807, 2.05) is 19.4 Å². The number of benzene rings is 1. The zero-order chi connectivity index (χ0) is 18.1. The highest BCUT2D eigenvalue weighted by atomic mass is 35.5. The van der Waals surface area contributed by atoms with Gasteiger partial charge in [-0.1, -0.05) is 41.0 Å². The molecular formula is C17H14Cl2N4OS. The van der Waals surface area contributed by atoms with Crippen molar-refractivity contribution in [2.24, 2.45) is 5.73 Å². The van der Waals surface area contributed by atoms with Crippen molar-refractivity contribution in [2.45, 2.75) is 5.16 Å². The topological polar surface area (TPSA) is 72.1 Å². The van der Waals surface area contributed by atoms with E-state index in [2.05, 4.69) is 9.97 Å². The maximum absolute atomic E-state index is 11.6. The van der Waals surface area contributed by atoms with E-state index >= 15 is 0 Å². The summed E-state index contributed by atoms with van der Waals surface area (Å²) in [5.74, 6) is 0.109. The number of aromatic nitrogens is 2. The standard InChI is InChI=1S/C17H14Cl2N4OS/c1-23-13(7-14(20)24)10(15-11(18)4-3-5-12(15)19)6-9-8-21-17(25-2)22-16(9)23/h3-8H,1-2H3,(H2,20,24)/b13-7-. The van der Waals surface area contributed by atoms with E-state index in [0.717, 1.165) is 5.56 Å². The molecule has 3 rings (SSSR count). The predicted molar refractivity (Wildman–Crippen MR) is 104 cm³/mol. The van der Waals surface area contributed by atoms with Gasteiger partial charge in [0.1, 0.15) is 5.82 Å². The molecule has 1 aliphatic heterocycles. The van der Waals surface area contributed by atoms with E-state index in [0.29, 0.717) is 37.9 Å². The second-order valence-corrected chi connectivity index (χ2v) is 6.87. The minimum Gasteiger partial charge on any atom is -0.366 e. The second-order valence-electron chi connectivity index (χ2n) is 5.28. The molecule has 0 radical (unpaired) electrons. The first-order valence-electron chi connectivity index (χ1n) is 7.24. The van der Waals surface area contributed by atoms with Crippen LogP contribution in [0.15, 0.2) is 41.3 Å². The monoisotopic (exact) mass is 392 g/mol. The van der Waals surface area contributed by atoms with Crippen LogP contribution in [0.3, 0.4) is 0 Å². The van der Waals surface area contributed by atoms with Gasteiger partial charge in [0.2, 0.25) is 5.91 Å². The van der Waals surface area contributed by atoms with Gasteiger partial charge in [-0.2, -0.15) is 0 Å². The van der Waals surface area contributed by atoms with Crippen LogP contribution in [0.2, 0.25) is 10.0 Å². The minimum absolute atomic E-state index is 0.479. The Morgan fingerprint density at radius 3 is 2.60 bits per heavy atom. The van der Waals surface area contributed by atoms with Crippen LogP contribution in [0, 0.1) is 0 Å². The number of hydrogen-bond acceptors (Lipinski definition) is 5. The fourth-order valence-corrected chi connectivity index (χ4v) is 3.56. The van der Waals surface area contributed by atoms with Crippen molar-refractivity contribution < 1.29 is 4.79 Å². The van der Waals surface area contributed by atoms with Gasteiger partial charge in [-0.05, 0) is 24.5 Å². The Bertz CT molecular complexity index is 907. The number of halogens is 2. The summed E-state index contributed by atoms with van der Waals surface area (Å²) in [6.07, 6.45) is 6.84. The molecule has 0 bridgehead atoms. The Kier molecular flexibility index (Phi) is 5.03. The summed E-state index contributed by atoms with van der Waals surface area (Å²) in [7, 11) is 1.81. The van der Waals surface area contributed by atoms with E-state index in [9.17, 15) is 4.79 Å². The summed E-state index contributed by atoms with van der Waals surface area (Å²) in [5.41, 5.74) is 8.09. The molecule has 2 aromatic rings. The summed E-state index contributed by atoms with van der Waals surface area (Å²) in [5, 5.41) is 1.59. The maximum atomic E-state index is 11.6. The van der Waals surface area contributed by atoms with Crippen molar-refractivity contribution in [1.82, 2.24) is 9.97 Å². The number of rotatable bonds is 3. The number of carbonyl (C=O) groups is 1. The quantitative estimate of drug-likeness (QED) is 0.487. The number of allylic oxidation sites excluding steroid dienone is 1. The molecular weight excluding hydrogens is 379 g/mol. The highest BCUT2D eigenvalue weighted by molar-refractivity contribution is 7.98. The molecule has 8 heteroatoms. The molecule has 0 unspecified atom stereocenters. The lowest BCUT2D eigenvalue weighted by Crippen LogP contribution is -2.25. The number of hydrogen-bond donors (Lipinski definition) is 1. The first kappa shape index (κ1) is 17.8. The van der Waals surface area contributed by atoms with E-state index in [1.165, 1.54) is 17.8 Å². The van der Waals surface area contributed by atoms with Crippen molar-refractivity contribution in [3.8, 4) is 0 Å². The SMILES string of the molecule is CSc1ncc2c(n1)N(C)/C(=C\C(N)=O)C(c1c(Cl)cccc1Cl)=C2.